The maximum absolute atomic E-state index is 13.7. The average molecular weight is 498 g/mol. The maximum Gasteiger partial charge on any atom is 0.247 e. The molecule has 0 unspecified atom stereocenters. The van der Waals surface area contributed by atoms with Gasteiger partial charge in [0.2, 0.25) is 21.8 Å². The zero-order valence-corrected chi connectivity index (χ0v) is 21.6. The molecule has 1 aliphatic carbocycles. The van der Waals surface area contributed by atoms with Gasteiger partial charge in [0.15, 0.2) is 0 Å². The van der Waals surface area contributed by atoms with Gasteiger partial charge in [0.05, 0.1) is 11.4 Å². The largest absolute Gasteiger partial charge is 0.351 e. The van der Waals surface area contributed by atoms with Gasteiger partial charge in [-0.15, -0.1) is 0 Å². The lowest BCUT2D eigenvalue weighted by Gasteiger charge is -2.47. The molecular formula is C27H35N3O4S. The van der Waals surface area contributed by atoms with Crippen LogP contribution >= 0.6 is 0 Å². The van der Waals surface area contributed by atoms with Gasteiger partial charge in [-0.25, -0.2) is 8.42 Å². The Kier molecular flexibility index (Phi) is 7.33. The molecule has 0 bridgehead atoms. The summed E-state index contributed by atoms with van der Waals surface area (Å²) in [6.45, 7) is 5.40. The molecule has 2 aromatic carbocycles. The topological polar surface area (TPSA) is 86.8 Å². The number of rotatable bonds is 6. The lowest BCUT2D eigenvalue weighted by atomic mass is 9.91. The Labute approximate surface area is 208 Å². The van der Waals surface area contributed by atoms with Crippen LogP contribution in [-0.4, -0.2) is 54.1 Å². The predicted molar refractivity (Wildman–Crippen MR) is 135 cm³/mol. The summed E-state index contributed by atoms with van der Waals surface area (Å²) < 4.78 is 28.1. The molecule has 1 heterocycles. The van der Waals surface area contributed by atoms with Gasteiger partial charge < -0.3 is 10.2 Å². The second-order valence-electron chi connectivity index (χ2n) is 10.1. The Bertz CT molecular complexity index is 1190. The fourth-order valence-electron chi connectivity index (χ4n) is 5.06. The minimum atomic E-state index is -3.95. The molecule has 2 aliphatic rings. The molecule has 0 spiro atoms. The van der Waals surface area contributed by atoms with Crippen LogP contribution < -0.4 is 5.32 Å². The van der Waals surface area contributed by atoms with E-state index in [9.17, 15) is 18.0 Å². The number of hydrogen-bond donors (Lipinski definition) is 1. The summed E-state index contributed by atoms with van der Waals surface area (Å²) in [5, 5.41) is 3.14. The van der Waals surface area contributed by atoms with E-state index in [0.29, 0.717) is 0 Å². The van der Waals surface area contributed by atoms with E-state index in [1.165, 1.54) is 0 Å². The summed E-state index contributed by atoms with van der Waals surface area (Å²) in [6, 6.07) is 14.4. The van der Waals surface area contributed by atoms with Crippen LogP contribution in [0.5, 0.6) is 0 Å². The normalized spacial score (nSPS) is 22.3. The van der Waals surface area contributed by atoms with Crippen LogP contribution in [0, 0.1) is 13.8 Å². The van der Waals surface area contributed by atoms with Crippen LogP contribution in [0.25, 0.3) is 0 Å². The minimum Gasteiger partial charge on any atom is -0.351 e. The number of amides is 2. The molecule has 2 fully saturated rings. The van der Waals surface area contributed by atoms with E-state index in [-0.39, 0.29) is 42.4 Å². The number of hydrogen-bond acceptors (Lipinski definition) is 4. The Morgan fingerprint density at radius 2 is 1.71 bits per heavy atom. The van der Waals surface area contributed by atoms with Crippen molar-refractivity contribution in [2.24, 2.45) is 0 Å². The molecule has 7 nitrogen and oxygen atoms in total. The summed E-state index contributed by atoms with van der Waals surface area (Å²) in [6.07, 6.45) is 5.07. The van der Waals surface area contributed by atoms with Crippen molar-refractivity contribution in [1.82, 2.24) is 14.5 Å². The molecule has 0 aromatic heterocycles. The van der Waals surface area contributed by atoms with E-state index in [4.69, 9.17) is 0 Å². The van der Waals surface area contributed by atoms with Crippen LogP contribution in [0.2, 0.25) is 0 Å². The van der Waals surface area contributed by atoms with Gasteiger partial charge in [-0.1, -0.05) is 66.8 Å². The first kappa shape index (κ1) is 25.4. The first-order chi connectivity index (χ1) is 16.6. The molecule has 4 rings (SSSR count). The summed E-state index contributed by atoms with van der Waals surface area (Å²) in [5.74, 6) is -0.677. The molecule has 1 saturated heterocycles. The fourth-order valence-corrected chi connectivity index (χ4v) is 6.54. The Hall–Kier alpha value is -2.71. The minimum absolute atomic E-state index is 0.0491. The highest BCUT2D eigenvalue weighted by atomic mass is 32.2. The standard InChI is InChI=1S/C27H35N3O4S/c1-20-12-14-24(15-13-20)35(33,34)29-18-25(31)30(17-22-9-7-8-21(2)16-22)27(3,19-29)26(32)28-23-10-5-4-6-11-23/h7-9,12-16,23H,4-6,10-11,17-19H2,1-3H3,(H,28,32)/t27-/m1/s1. The molecule has 2 amide bonds. The predicted octanol–water partition coefficient (Wildman–Crippen LogP) is 3.54. The van der Waals surface area contributed by atoms with Gasteiger partial charge in [0.25, 0.3) is 0 Å². The lowest BCUT2D eigenvalue weighted by Crippen LogP contribution is -2.70. The number of nitrogens with one attached hydrogen (secondary N) is 1. The lowest BCUT2D eigenvalue weighted by molar-refractivity contribution is -0.154. The summed E-state index contributed by atoms with van der Waals surface area (Å²) >= 11 is 0. The van der Waals surface area contributed by atoms with Crippen LogP contribution in [0.15, 0.2) is 53.4 Å². The highest BCUT2D eigenvalue weighted by molar-refractivity contribution is 7.89. The average Bonchev–Trinajstić information content (AvgIpc) is 2.82. The third-order valence-corrected chi connectivity index (χ3v) is 9.01. The second-order valence-corrected chi connectivity index (χ2v) is 12.1. The molecule has 1 saturated carbocycles. The number of sulfonamides is 1. The summed E-state index contributed by atoms with van der Waals surface area (Å²) in [5.41, 5.74) is 1.57. The highest BCUT2D eigenvalue weighted by Gasteiger charge is 2.50. The number of nitrogens with zero attached hydrogens (tertiary/aromatic N) is 2. The van der Waals surface area contributed by atoms with Crippen molar-refractivity contribution in [3.8, 4) is 0 Å². The SMILES string of the molecule is Cc1ccc(S(=O)(=O)N2CC(=O)N(Cc3cccc(C)c3)[C@@](C)(C(=O)NC3CCCCC3)C2)cc1. The quantitative estimate of drug-likeness (QED) is 0.661. The van der Waals surface area contributed by atoms with E-state index in [1.807, 2.05) is 38.1 Å². The molecular weight excluding hydrogens is 462 g/mol. The molecule has 188 valence electrons. The van der Waals surface area contributed by atoms with Gasteiger partial charge in [0.1, 0.15) is 5.54 Å². The van der Waals surface area contributed by atoms with Gasteiger partial charge >= 0.3 is 0 Å². The van der Waals surface area contributed by atoms with Crippen molar-refractivity contribution in [2.45, 2.75) is 75.9 Å². The summed E-state index contributed by atoms with van der Waals surface area (Å²) in [7, 11) is -3.95. The van der Waals surface area contributed by atoms with Crippen molar-refractivity contribution in [1.29, 1.82) is 0 Å². The van der Waals surface area contributed by atoms with Crippen LogP contribution in [0.3, 0.4) is 0 Å². The van der Waals surface area contributed by atoms with Crippen LogP contribution in [0.4, 0.5) is 0 Å². The number of carbonyl (C=O) groups excluding carboxylic acids is 2. The highest BCUT2D eigenvalue weighted by Crippen LogP contribution is 2.30. The zero-order valence-electron chi connectivity index (χ0n) is 20.8. The Morgan fingerprint density at radius 3 is 2.37 bits per heavy atom. The Morgan fingerprint density at radius 1 is 1.03 bits per heavy atom. The van der Waals surface area contributed by atoms with Crippen LogP contribution in [0.1, 0.15) is 55.7 Å². The van der Waals surface area contributed by atoms with Crippen molar-refractivity contribution < 1.29 is 18.0 Å². The number of benzene rings is 2. The van der Waals surface area contributed by atoms with Gasteiger partial charge in [-0.05, 0) is 51.3 Å². The third-order valence-electron chi connectivity index (χ3n) is 7.20. The van der Waals surface area contributed by atoms with Crippen molar-refractivity contribution in [2.75, 3.05) is 13.1 Å². The van der Waals surface area contributed by atoms with E-state index < -0.39 is 15.6 Å². The van der Waals surface area contributed by atoms with Gasteiger partial charge in [-0.2, -0.15) is 4.31 Å². The molecule has 1 N–H and O–H groups in total. The van der Waals surface area contributed by atoms with E-state index in [1.54, 1.807) is 36.1 Å². The molecule has 0 radical (unpaired) electrons. The molecule has 1 atom stereocenters. The zero-order chi connectivity index (χ0) is 25.2. The molecule has 35 heavy (non-hydrogen) atoms. The smallest absolute Gasteiger partial charge is 0.247 e. The van der Waals surface area contributed by atoms with E-state index in [0.717, 1.165) is 53.1 Å². The van der Waals surface area contributed by atoms with E-state index >= 15 is 0 Å². The van der Waals surface area contributed by atoms with E-state index in [2.05, 4.69) is 5.32 Å². The summed E-state index contributed by atoms with van der Waals surface area (Å²) in [4.78, 5) is 28.9. The van der Waals surface area contributed by atoms with Crippen LogP contribution in [-0.2, 0) is 26.2 Å². The number of carbonyl (C=O) groups is 2. The molecule has 8 heteroatoms. The third kappa shape index (κ3) is 5.43. The van der Waals surface area contributed by atoms with Gasteiger partial charge in [-0.3, -0.25) is 9.59 Å². The van der Waals surface area contributed by atoms with Crippen molar-refractivity contribution in [3.63, 3.8) is 0 Å². The molecule has 1 aliphatic heterocycles. The first-order valence-corrected chi connectivity index (χ1v) is 13.8. The Balaban J connectivity index is 1.67. The van der Waals surface area contributed by atoms with Crippen molar-refractivity contribution in [3.05, 3.63) is 65.2 Å². The monoisotopic (exact) mass is 497 g/mol. The maximum atomic E-state index is 13.7. The molecule has 2 aromatic rings. The first-order valence-electron chi connectivity index (χ1n) is 12.3. The fraction of sp³-hybridized carbons (Fsp3) is 0.481. The van der Waals surface area contributed by atoms with Gasteiger partial charge in [0, 0.05) is 19.1 Å². The number of aryl methyl sites for hydroxylation is 2. The second kappa shape index (κ2) is 10.1. The van der Waals surface area contributed by atoms with Crippen molar-refractivity contribution >= 4 is 21.8 Å². The number of piperazine rings is 1.